The molecule has 0 heterocycles. The van der Waals surface area contributed by atoms with Crippen molar-refractivity contribution in [2.24, 2.45) is 0 Å². The summed E-state index contributed by atoms with van der Waals surface area (Å²) in [5.74, 6) is 0.872. The minimum absolute atomic E-state index is 0.144. The molecular weight excluding hydrogens is 270 g/mol. The van der Waals surface area contributed by atoms with Crippen LogP contribution >= 0.6 is 0 Å². The Bertz CT molecular complexity index is 554. The first-order valence-electron chi connectivity index (χ1n) is 6.56. The molecule has 0 radical (unpaired) electrons. The van der Waals surface area contributed by atoms with Crippen molar-refractivity contribution >= 4 is 11.7 Å². The first-order chi connectivity index (χ1) is 10.2. The van der Waals surface area contributed by atoms with E-state index in [0.29, 0.717) is 18.0 Å². The quantitative estimate of drug-likeness (QED) is 0.480. The molecule has 5 nitrogen and oxygen atoms in total. The second-order valence-electron chi connectivity index (χ2n) is 4.24. The SMILES string of the molecule is Nc1ccc(OCC(=O)OCCOc2ccccc2)cc1. The minimum Gasteiger partial charge on any atom is -0.490 e. The average molecular weight is 287 g/mol. The molecule has 0 aromatic heterocycles. The molecule has 2 aromatic carbocycles. The summed E-state index contributed by atoms with van der Waals surface area (Å²) in [6.45, 7) is 0.339. The Hall–Kier alpha value is -2.69. The number of anilines is 1. The highest BCUT2D eigenvalue weighted by molar-refractivity contribution is 5.71. The highest BCUT2D eigenvalue weighted by atomic mass is 16.6. The molecule has 0 bridgehead atoms. The molecule has 0 aliphatic rings. The third-order valence-corrected chi connectivity index (χ3v) is 2.60. The summed E-state index contributed by atoms with van der Waals surface area (Å²) in [7, 11) is 0. The van der Waals surface area contributed by atoms with Crippen LogP contribution in [0.4, 0.5) is 5.69 Å². The number of nitrogen functional groups attached to an aromatic ring is 1. The van der Waals surface area contributed by atoms with Gasteiger partial charge in [-0.1, -0.05) is 18.2 Å². The van der Waals surface area contributed by atoms with Crippen LogP contribution in [0.25, 0.3) is 0 Å². The van der Waals surface area contributed by atoms with Crippen LogP contribution in [0.15, 0.2) is 54.6 Å². The maximum Gasteiger partial charge on any atom is 0.344 e. The zero-order valence-electron chi connectivity index (χ0n) is 11.5. The summed E-state index contributed by atoms with van der Waals surface area (Å²) in [6.07, 6.45) is 0. The molecule has 5 heteroatoms. The van der Waals surface area contributed by atoms with Crippen LogP contribution in [0.1, 0.15) is 0 Å². The molecule has 0 aliphatic carbocycles. The number of para-hydroxylation sites is 1. The van der Waals surface area contributed by atoms with Crippen molar-refractivity contribution in [1.82, 2.24) is 0 Å². The monoisotopic (exact) mass is 287 g/mol. The van der Waals surface area contributed by atoms with Gasteiger partial charge in [0.15, 0.2) is 6.61 Å². The third kappa shape index (κ3) is 5.44. The Morgan fingerprint density at radius 1 is 0.857 bits per heavy atom. The summed E-state index contributed by atoms with van der Waals surface area (Å²) < 4.78 is 15.7. The molecule has 2 N–H and O–H groups in total. The van der Waals surface area contributed by atoms with Crippen LogP contribution in [-0.2, 0) is 9.53 Å². The largest absolute Gasteiger partial charge is 0.490 e. The van der Waals surface area contributed by atoms with Crippen molar-refractivity contribution < 1.29 is 19.0 Å². The number of hydrogen-bond donors (Lipinski definition) is 1. The number of rotatable bonds is 7. The maximum atomic E-state index is 11.5. The molecule has 0 fully saturated rings. The minimum atomic E-state index is -0.441. The first kappa shape index (κ1) is 14.7. The zero-order valence-corrected chi connectivity index (χ0v) is 11.5. The molecule has 0 spiro atoms. The highest BCUT2D eigenvalue weighted by Crippen LogP contribution is 2.12. The van der Waals surface area contributed by atoms with Gasteiger partial charge in [-0.2, -0.15) is 0 Å². The Morgan fingerprint density at radius 2 is 1.52 bits per heavy atom. The number of esters is 1. The summed E-state index contributed by atoms with van der Waals surface area (Å²) in [6, 6.07) is 16.1. The van der Waals surface area contributed by atoms with Gasteiger partial charge in [0, 0.05) is 5.69 Å². The van der Waals surface area contributed by atoms with Crippen molar-refractivity contribution in [3.63, 3.8) is 0 Å². The van der Waals surface area contributed by atoms with Crippen LogP contribution in [0.3, 0.4) is 0 Å². The fourth-order valence-corrected chi connectivity index (χ4v) is 1.58. The number of hydrogen-bond acceptors (Lipinski definition) is 5. The summed E-state index contributed by atoms with van der Waals surface area (Å²) in [4.78, 5) is 11.5. The molecule has 0 unspecified atom stereocenters. The Balaban J connectivity index is 1.60. The second kappa shape index (κ2) is 7.79. The smallest absolute Gasteiger partial charge is 0.344 e. The maximum absolute atomic E-state index is 11.5. The van der Waals surface area contributed by atoms with Crippen molar-refractivity contribution in [2.75, 3.05) is 25.6 Å². The van der Waals surface area contributed by atoms with Gasteiger partial charge in [-0.05, 0) is 36.4 Å². The second-order valence-corrected chi connectivity index (χ2v) is 4.24. The van der Waals surface area contributed by atoms with Gasteiger partial charge in [0.1, 0.15) is 24.7 Å². The Morgan fingerprint density at radius 3 is 2.24 bits per heavy atom. The van der Waals surface area contributed by atoms with E-state index in [9.17, 15) is 4.79 Å². The van der Waals surface area contributed by atoms with Crippen LogP contribution in [0, 0.1) is 0 Å². The molecule has 0 amide bonds. The fourth-order valence-electron chi connectivity index (χ4n) is 1.58. The van der Waals surface area contributed by atoms with E-state index in [2.05, 4.69) is 0 Å². The number of carbonyl (C=O) groups excluding carboxylic acids is 1. The molecule has 110 valence electrons. The lowest BCUT2D eigenvalue weighted by Crippen LogP contribution is -2.18. The van der Waals surface area contributed by atoms with Crippen LogP contribution in [-0.4, -0.2) is 25.8 Å². The van der Waals surface area contributed by atoms with Gasteiger partial charge < -0.3 is 19.9 Å². The topological polar surface area (TPSA) is 70.8 Å². The van der Waals surface area contributed by atoms with E-state index in [4.69, 9.17) is 19.9 Å². The number of benzene rings is 2. The lowest BCUT2D eigenvalue weighted by molar-refractivity contribution is -0.146. The summed E-state index contributed by atoms with van der Waals surface area (Å²) in [5, 5.41) is 0. The van der Waals surface area contributed by atoms with E-state index in [0.717, 1.165) is 5.75 Å². The van der Waals surface area contributed by atoms with Crippen molar-refractivity contribution in [2.45, 2.75) is 0 Å². The van der Waals surface area contributed by atoms with E-state index in [1.54, 1.807) is 24.3 Å². The summed E-state index contributed by atoms with van der Waals surface area (Å²) in [5.41, 5.74) is 6.19. The lowest BCUT2D eigenvalue weighted by Gasteiger charge is -2.08. The van der Waals surface area contributed by atoms with E-state index >= 15 is 0 Å². The predicted molar refractivity (Wildman–Crippen MR) is 79.2 cm³/mol. The van der Waals surface area contributed by atoms with Gasteiger partial charge in [-0.15, -0.1) is 0 Å². The molecule has 0 saturated heterocycles. The van der Waals surface area contributed by atoms with Crippen LogP contribution in [0.2, 0.25) is 0 Å². The number of carbonyl (C=O) groups is 1. The van der Waals surface area contributed by atoms with Crippen LogP contribution in [0.5, 0.6) is 11.5 Å². The van der Waals surface area contributed by atoms with E-state index in [1.807, 2.05) is 30.3 Å². The van der Waals surface area contributed by atoms with Gasteiger partial charge in [0.25, 0.3) is 0 Å². The van der Waals surface area contributed by atoms with Gasteiger partial charge in [0.05, 0.1) is 0 Å². The van der Waals surface area contributed by atoms with Crippen LogP contribution < -0.4 is 15.2 Å². The van der Waals surface area contributed by atoms with E-state index in [1.165, 1.54) is 0 Å². The lowest BCUT2D eigenvalue weighted by atomic mass is 10.3. The third-order valence-electron chi connectivity index (χ3n) is 2.60. The molecule has 0 saturated carbocycles. The fraction of sp³-hybridized carbons (Fsp3) is 0.188. The van der Waals surface area contributed by atoms with Crippen molar-refractivity contribution in [3.05, 3.63) is 54.6 Å². The van der Waals surface area contributed by atoms with Gasteiger partial charge in [-0.25, -0.2) is 4.79 Å². The first-order valence-corrected chi connectivity index (χ1v) is 6.56. The molecule has 0 aliphatic heterocycles. The number of ether oxygens (including phenoxy) is 3. The van der Waals surface area contributed by atoms with E-state index in [-0.39, 0.29) is 13.2 Å². The Labute approximate surface area is 123 Å². The van der Waals surface area contributed by atoms with Gasteiger partial charge in [-0.3, -0.25) is 0 Å². The molecular formula is C16H17NO4. The molecule has 0 atom stereocenters. The zero-order chi connectivity index (χ0) is 14.9. The van der Waals surface area contributed by atoms with Crippen molar-refractivity contribution in [1.29, 1.82) is 0 Å². The predicted octanol–water partition coefficient (Wildman–Crippen LogP) is 2.27. The molecule has 21 heavy (non-hydrogen) atoms. The van der Waals surface area contributed by atoms with Crippen molar-refractivity contribution in [3.8, 4) is 11.5 Å². The molecule has 2 aromatic rings. The van der Waals surface area contributed by atoms with E-state index < -0.39 is 5.97 Å². The summed E-state index contributed by atoms with van der Waals surface area (Å²) >= 11 is 0. The molecule has 2 rings (SSSR count). The number of nitrogens with two attached hydrogens (primary N) is 1. The Kier molecular flexibility index (Phi) is 5.46. The van der Waals surface area contributed by atoms with Gasteiger partial charge >= 0.3 is 5.97 Å². The van der Waals surface area contributed by atoms with Gasteiger partial charge in [0.2, 0.25) is 0 Å². The highest BCUT2D eigenvalue weighted by Gasteiger charge is 2.04. The normalized spacial score (nSPS) is 9.90. The average Bonchev–Trinajstić information content (AvgIpc) is 2.52. The standard InChI is InChI=1S/C16H17NO4/c17-13-6-8-15(9-7-13)21-12-16(18)20-11-10-19-14-4-2-1-3-5-14/h1-9H,10-12,17H2.